The van der Waals surface area contributed by atoms with Crippen LogP contribution >= 0.6 is 0 Å². The quantitative estimate of drug-likeness (QED) is 0.0200. The van der Waals surface area contributed by atoms with Crippen molar-refractivity contribution < 1.29 is 28.6 Å². The molecule has 0 saturated carbocycles. The van der Waals surface area contributed by atoms with Crippen molar-refractivity contribution in [2.75, 3.05) is 13.2 Å². The van der Waals surface area contributed by atoms with Gasteiger partial charge in [-0.25, -0.2) is 0 Å². The van der Waals surface area contributed by atoms with Gasteiger partial charge in [-0.15, -0.1) is 0 Å². The van der Waals surface area contributed by atoms with E-state index >= 15 is 0 Å². The first-order valence-electron chi connectivity index (χ1n) is 24.8. The summed E-state index contributed by atoms with van der Waals surface area (Å²) in [4.78, 5) is 37.9. The minimum absolute atomic E-state index is 0.100. The molecule has 0 saturated heterocycles. The second-order valence-electron chi connectivity index (χ2n) is 16.0. The molecule has 0 aromatic carbocycles. The molecule has 0 aromatic rings. The Hall–Kier alpha value is -3.67. The van der Waals surface area contributed by atoms with Crippen molar-refractivity contribution in [3.63, 3.8) is 0 Å². The fourth-order valence-electron chi connectivity index (χ4n) is 6.45. The van der Waals surface area contributed by atoms with Crippen LogP contribution in [0.4, 0.5) is 0 Å². The minimum atomic E-state index is -0.803. The number of unbranched alkanes of at least 4 members (excludes halogenated alkanes) is 19. The van der Waals surface area contributed by atoms with Crippen molar-refractivity contribution in [3.8, 4) is 0 Å². The van der Waals surface area contributed by atoms with Gasteiger partial charge in [-0.1, -0.05) is 201 Å². The molecule has 0 bridgehead atoms. The lowest BCUT2D eigenvalue weighted by Gasteiger charge is -2.18. The van der Waals surface area contributed by atoms with Crippen LogP contribution < -0.4 is 0 Å². The van der Waals surface area contributed by atoms with E-state index in [1.165, 1.54) is 70.6 Å². The van der Waals surface area contributed by atoms with Crippen molar-refractivity contribution in [1.82, 2.24) is 0 Å². The Balaban J connectivity index is 4.41. The van der Waals surface area contributed by atoms with Crippen molar-refractivity contribution >= 4 is 17.9 Å². The van der Waals surface area contributed by atoms with Crippen molar-refractivity contribution in [1.29, 1.82) is 0 Å². The lowest BCUT2D eigenvalue weighted by Crippen LogP contribution is -2.30. The summed E-state index contributed by atoms with van der Waals surface area (Å²) in [6.45, 7) is 6.29. The van der Waals surface area contributed by atoms with Gasteiger partial charge in [0.1, 0.15) is 13.2 Å². The van der Waals surface area contributed by atoms with Crippen LogP contribution in [0, 0.1) is 0 Å². The maximum Gasteiger partial charge on any atom is 0.306 e. The topological polar surface area (TPSA) is 78.9 Å². The minimum Gasteiger partial charge on any atom is -0.462 e. The van der Waals surface area contributed by atoms with Gasteiger partial charge in [-0.05, 0) is 89.9 Å². The number of ether oxygens (including phenoxy) is 3. The molecule has 1 unspecified atom stereocenters. The molecule has 1 atom stereocenters. The first-order chi connectivity index (χ1) is 30.0. The molecule has 0 aliphatic carbocycles. The van der Waals surface area contributed by atoms with Gasteiger partial charge >= 0.3 is 17.9 Å². The first kappa shape index (κ1) is 57.3. The van der Waals surface area contributed by atoms with Gasteiger partial charge in [0.15, 0.2) is 6.10 Å². The first-order valence-corrected chi connectivity index (χ1v) is 24.8. The highest BCUT2D eigenvalue weighted by Crippen LogP contribution is 2.14. The molecule has 0 aliphatic heterocycles. The maximum absolute atomic E-state index is 12.7. The predicted octanol–water partition coefficient (Wildman–Crippen LogP) is 16.2. The number of hydrogen-bond acceptors (Lipinski definition) is 6. The van der Waals surface area contributed by atoms with E-state index < -0.39 is 6.10 Å². The van der Waals surface area contributed by atoms with Gasteiger partial charge < -0.3 is 14.2 Å². The van der Waals surface area contributed by atoms with E-state index in [-0.39, 0.29) is 37.5 Å². The number of esters is 3. The fraction of sp³-hybridized carbons (Fsp3) is 0.655. The van der Waals surface area contributed by atoms with E-state index in [1.807, 2.05) is 36.5 Å². The number of rotatable bonds is 43. The summed E-state index contributed by atoms with van der Waals surface area (Å²) in [5.41, 5.74) is 0. The van der Waals surface area contributed by atoms with E-state index in [9.17, 15) is 14.4 Å². The SMILES string of the molecule is CC\C=C/C=C\C=C/C=C\CCCCCC(=O)OC(COC(=O)CCCCCCC/C=C\CCCC)COC(=O)CCCCCCCCCCC/C=C\C/C=C\C/C=C\CC. The van der Waals surface area contributed by atoms with E-state index in [0.29, 0.717) is 19.3 Å². The second kappa shape index (κ2) is 49.0. The van der Waals surface area contributed by atoms with Gasteiger partial charge in [0, 0.05) is 19.3 Å². The van der Waals surface area contributed by atoms with E-state index in [1.54, 1.807) is 0 Å². The Morgan fingerprint density at radius 1 is 0.361 bits per heavy atom. The molecule has 0 N–H and O–H groups in total. The summed E-state index contributed by atoms with van der Waals surface area (Å²) in [5, 5.41) is 0. The van der Waals surface area contributed by atoms with Crippen LogP contribution in [0.5, 0.6) is 0 Å². The molecule has 346 valence electrons. The monoisotopic (exact) mass is 847 g/mol. The number of hydrogen-bond donors (Lipinski definition) is 0. The maximum atomic E-state index is 12.7. The van der Waals surface area contributed by atoms with Crippen molar-refractivity contribution in [2.24, 2.45) is 0 Å². The van der Waals surface area contributed by atoms with Gasteiger partial charge in [0.05, 0.1) is 0 Å². The summed E-state index contributed by atoms with van der Waals surface area (Å²) in [6.07, 6.45) is 63.9. The van der Waals surface area contributed by atoms with Crippen LogP contribution in [-0.2, 0) is 28.6 Å². The van der Waals surface area contributed by atoms with Gasteiger partial charge in [-0.2, -0.15) is 0 Å². The standard InChI is InChI=1S/C55H90O6/c1-4-7-10-13-16-19-22-24-25-26-27-28-29-31-33-36-39-42-45-48-54(57)60-51-52(50-59-53(56)47-44-41-38-35-32-21-18-15-12-9-6-3)61-55(58)49-46-43-40-37-34-30-23-20-17-14-11-8-5-2/h7-8,10-11,14-20,23-25,30,34,52H,4-6,9,12-13,21-22,26-29,31-33,35-51H2,1-3H3/b10-7-,11-8-,17-14-,18-15-,19-16-,23-20-,25-24-,34-30-. The van der Waals surface area contributed by atoms with Crippen molar-refractivity contribution in [2.45, 2.75) is 219 Å². The Bertz CT molecular complexity index is 1250. The molecule has 0 heterocycles. The van der Waals surface area contributed by atoms with Crippen LogP contribution in [0.3, 0.4) is 0 Å². The second-order valence-corrected chi connectivity index (χ2v) is 16.0. The smallest absolute Gasteiger partial charge is 0.306 e. The molecule has 6 nitrogen and oxygen atoms in total. The van der Waals surface area contributed by atoms with Crippen LogP contribution in [0.2, 0.25) is 0 Å². The van der Waals surface area contributed by atoms with Gasteiger partial charge in [0.2, 0.25) is 0 Å². The van der Waals surface area contributed by atoms with Crippen molar-refractivity contribution in [3.05, 3.63) is 97.2 Å². The average molecular weight is 847 g/mol. The molecular weight excluding hydrogens is 757 g/mol. The Morgan fingerprint density at radius 2 is 0.721 bits per heavy atom. The molecule has 0 aliphatic rings. The van der Waals surface area contributed by atoms with Gasteiger partial charge in [0.25, 0.3) is 0 Å². The third-order valence-corrected chi connectivity index (χ3v) is 10.1. The molecule has 0 amide bonds. The Kier molecular flexibility index (Phi) is 46.0. The summed E-state index contributed by atoms with van der Waals surface area (Å²) in [7, 11) is 0. The molecule has 0 radical (unpaired) electrons. The van der Waals surface area contributed by atoms with Crippen LogP contribution in [0.25, 0.3) is 0 Å². The lowest BCUT2D eigenvalue weighted by atomic mass is 10.1. The zero-order valence-electron chi connectivity index (χ0n) is 39.4. The van der Waals surface area contributed by atoms with E-state index in [0.717, 1.165) is 96.3 Å². The van der Waals surface area contributed by atoms with Crippen LogP contribution in [0.1, 0.15) is 213 Å². The molecule has 61 heavy (non-hydrogen) atoms. The summed E-state index contributed by atoms with van der Waals surface area (Å²) in [6, 6.07) is 0. The molecule has 6 heteroatoms. The summed E-state index contributed by atoms with van der Waals surface area (Å²) < 4.78 is 16.7. The fourth-order valence-corrected chi connectivity index (χ4v) is 6.45. The van der Waals surface area contributed by atoms with Crippen LogP contribution in [-0.4, -0.2) is 37.2 Å². The zero-order valence-corrected chi connectivity index (χ0v) is 39.4. The third kappa shape index (κ3) is 47.2. The molecular formula is C55H90O6. The highest BCUT2D eigenvalue weighted by atomic mass is 16.6. The highest BCUT2D eigenvalue weighted by molar-refractivity contribution is 5.71. The third-order valence-electron chi connectivity index (χ3n) is 10.1. The zero-order chi connectivity index (χ0) is 44.4. The number of carbonyl (C=O) groups excluding carboxylic acids is 3. The number of allylic oxidation sites excluding steroid dienone is 16. The molecule has 0 rings (SSSR count). The highest BCUT2D eigenvalue weighted by Gasteiger charge is 2.19. The predicted molar refractivity (Wildman–Crippen MR) is 260 cm³/mol. The van der Waals surface area contributed by atoms with E-state index in [4.69, 9.17) is 14.2 Å². The number of carbonyl (C=O) groups is 3. The lowest BCUT2D eigenvalue weighted by molar-refractivity contribution is -0.167. The molecule has 0 spiro atoms. The molecule has 0 fully saturated rings. The van der Waals surface area contributed by atoms with E-state index in [2.05, 4.69) is 81.5 Å². The normalized spacial score (nSPS) is 12.9. The molecule has 0 aromatic heterocycles. The van der Waals surface area contributed by atoms with Crippen LogP contribution in [0.15, 0.2) is 97.2 Å². The largest absolute Gasteiger partial charge is 0.462 e. The summed E-state index contributed by atoms with van der Waals surface area (Å²) >= 11 is 0. The average Bonchev–Trinajstić information content (AvgIpc) is 3.26. The summed E-state index contributed by atoms with van der Waals surface area (Å²) in [5.74, 6) is -0.961. The Morgan fingerprint density at radius 3 is 1.23 bits per heavy atom. The van der Waals surface area contributed by atoms with Gasteiger partial charge in [-0.3, -0.25) is 14.4 Å². The Labute approximate surface area is 375 Å².